The smallest absolute Gasteiger partial charge is 0.354 e. The molecule has 1 rings (SSSR count). The molecule has 0 atom stereocenters. The van der Waals surface area contributed by atoms with Crippen LogP contribution in [0.2, 0.25) is 0 Å². The molecule has 0 saturated heterocycles. The fourth-order valence-corrected chi connectivity index (χ4v) is 2.06. The van der Waals surface area contributed by atoms with Crippen molar-refractivity contribution in [1.82, 2.24) is 5.32 Å². The van der Waals surface area contributed by atoms with Gasteiger partial charge in [-0.15, -0.1) is 11.6 Å². The van der Waals surface area contributed by atoms with Crippen molar-refractivity contribution in [2.75, 3.05) is 13.0 Å². The van der Waals surface area contributed by atoms with Gasteiger partial charge in [-0.3, -0.25) is 4.79 Å². The highest BCUT2D eigenvalue weighted by Crippen LogP contribution is 2.25. The number of carbonyl (C=O) groups excluding carboxylic acids is 2. The molecule has 0 aromatic heterocycles. The van der Waals surface area contributed by atoms with E-state index in [0.29, 0.717) is 5.92 Å². The van der Waals surface area contributed by atoms with E-state index in [1.807, 2.05) is 0 Å². The van der Waals surface area contributed by atoms with Crippen LogP contribution >= 0.6 is 11.6 Å². The first-order valence-electron chi connectivity index (χ1n) is 5.83. The third kappa shape index (κ3) is 4.77. The number of hydrogen-bond acceptors (Lipinski definition) is 3. The molecular weight excluding hydrogens is 242 g/mol. The van der Waals surface area contributed by atoms with E-state index in [-0.39, 0.29) is 17.5 Å². The number of amides is 1. The molecule has 0 spiro atoms. The highest BCUT2D eigenvalue weighted by molar-refractivity contribution is 6.27. The highest BCUT2D eigenvalue weighted by atomic mass is 35.5. The summed E-state index contributed by atoms with van der Waals surface area (Å²) in [7, 11) is 1.30. The molecule has 0 bridgehead atoms. The molecule has 1 saturated carbocycles. The van der Waals surface area contributed by atoms with E-state index >= 15 is 0 Å². The summed E-state index contributed by atoms with van der Waals surface area (Å²) in [5.41, 5.74) is 0.213. The van der Waals surface area contributed by atoms with Gasteiger partial charge in [0.1, 0.15) is 11.6 Å². The molecule has 1 amide bonds. The Morgan fingerprint density at radius 3 is 2.53 bits per heavy atom. The molecule has 5 heteroatoms. The Bertz CT molecular complexity index is 309. The Morgan fingerprint density at radius 2 is 2.00 bits per heavy atom. The Hall–Kier alpha value is -1.03. The van der Waals surface area contributed by atoms with Crippen LogP contribution in [0.5, 0.6) is 0 Å². The predicted molar refractivity (Wildman–Crippen MR) is 65.5 cm³/mol. The summed E-state index contributed by atoms with van der Waals surface area (Å²) in [6.45, 7) is 0. The molecule has 1 fully saturated rings. The quantitative estimate of drug-likeness (QED) is 0.477. The van der Waals surface area contributed by atoms with Crippen LogP contribution in [0.15, 0.2) is 11.8 Å². The molecule has 0 radical (unpaired) electrons. The van der Waals surface area contributed by atoms with Crippen molar-refractivity contribution in [2.45, 2.75) is 32.1 Å². The zero-order chi connectivity index (χ0) is 12.7. The normalized spacial score (nSPS) is 17.6. The molecule has 0 aromatic carbocycles. The Labute approximate surface area is 106 Å². The maximum Gasteiger partial charge on any atom is 0.354 e. The van der Waals surface area contributed by atoms with Crippen molar-refractivity contribution in [3.8, 4) is 0 Å². The SMILES string of the molecule is COC(=O)C(=CC1CCCCC1)NC(=O)CCl. The van der Waals surface area contributed by atoms with Gasteiger partial charge in [-0.1, -0.05) is 25.3 Å². The molecule has 0 aromatic rings. The van der Waals surface area contributed by atoms with Gasteiger partial charge in [0.2, 0.25) is 5.91 Å². The average Bonchev–Trinajstić information content (AvgIpc) is 2.38. The molecule has 0 heterocycles. The van der Waals surface area contributed by atoms with Crippen molar-refractivity contribution in [3.63, 3.8) is 0 Å². The maximum absolute atomic E-state index is 11.5. The Kier molecular flexibility index (Phi) is 6.05. The van der Waals surface area contributed by atoms with Crippen molar-refractivity contribution in [3.05, 3.63) is 11.8 Å². The van der Waals surface area contributed by atoms with Gasteiger partial charge in [-0.2, -0.15) is 0 Å². The number of alkyl halides is 1. The van der Waals surface area contributed by atoms with Crippen LogP contribution in [0.1, 0.15) is 32.1 Å². The van der Waals surface area contributed by atoms with Crippen LogP contribution in [-0.4, -0.2) is 24.9 Å². The van der Waals surface area contributed by atoms with Crippen LogP contribution in [0.4, 0.5) is 0 Å². The minimum Gasteiger partial charge on any atom is -0.464 e. The van der Waals surface area contributed by atoms with Crippen LogP contribution in [0.3, 0.4) is 0 Å². The molecule has 0 unspecified atom stereocenters. The third-order valence-electron chi connectivity index (χ3n) is 2.85. The van der Waals surface area contributed by atoms with E-state index in [0.717, 1.165) is 12.8 Å². The zero-order valence-corrected chi connectivity index (χ0v) is 10.8. The fraction of sp³-hybridized carbons (Fsp3) is 0.667. The van der Waals surface area contributed by atoms with E-state index in [9.17, 15) is 9.59 Å². The maximum atomic E-state index is 11.5. The summed E-state index contributed by atoms with van der Waals surface area (Å²) in [5.74, 6) is -0.736. The minimum absolute atomic E-state index is 0.168. The molecular formula is C12H18ClNO3. The summed E-state index contributed by atoms with van der Waals surface area (Å²) >= 11 is 5.40. The van der Waals surface area contributed by atoms with Gasteiger partial charge >= 0.3 is 5.97 Å². The molecule has 1 N–H and O–H groups in total. The summed E-state index contributed by atoms with van der Waals surface area (Å²) in [4.78, 5) is 22.7. The van der Waals surface area contributed by atoms with Crippen molar-refractivity contribution < 1.29 is 14.3 Å². The van der Waals surface area contributed by atoms with Gasteiger partial charge in [-0.25, -0.2) is 4.79 Å². The van der Waals surface area contributed by atoms with E-state index < -0.39 is 5.97 Å². The first-order chi connectivity index (χ1) is 8.17. The monoisotopic (exact) mass is 259 g/mol. The first-order valence-corrected chi connectivity index (χ1v) is 6.36. The third-order valence-corrected chi connectivity index (χ3v) is 3.10. The lowest BCUT2D eigenvalue weighted by molar-refractivity contribution is -0.137. The minimum atomic E-state index is -0.519. The number of rotatable bonds is 4. The molecule has 17 heavy (non-hydrogen) atoms. The van der Waals surface area contributed by atoms with Crippen LogP contribution in [0.25, 0.3) is 0 Å². The van der Waals surface area contributed by atoms with Gasteiger partial charge in [0.05, 0.1) is 7.11 Å². The van der Waals surface area contributed by atoms with Crippen LogP contribution in [-0.2, 0) is 14.3 Å². The number of hydrogen-bond donors (Lipinski definition) is 1. The molecule has 0 aliphatic heterocycles. The topological polar surface area (TPSA) is 55.4 Å². The van der Waals surface area contributed by atoms with Crippen molar-refractivity contribution in [1.29, 1.82) is 0 Å². The molecule has 1 aliphatic carbocycles. The number of nitrogens with one attached hydrogen (secondary N) is 1. The van der Waals surface area contributed by atoms with Gasteiger partial charge in [0, 0.05) is 0 Å². The lowest BCUT2D eigenvalue weighted by Gasteiger charge is -2.19. The second kappa shape index (κ2) is 7.33. The number of carbonyl (C=O) groups is 2. The lowest BCUT2D eigenvalue weighted by atomic mass is 9.88. The van der Waals surface area contributed by atoms with E-state index in [1.165, 1.54) is 26.4 Å². The molecule has 1 aliphatic rings. The van der Waals surface area contributed by atoms with E-state index in [1.54, 1.807) is 6.08 Å². The average molecular weight is 260 g/mol. The number of esters is 1. The van der Waals surface area contributed by atoms with Gasteiger partial charge in [0.15, 0.2) is 0 Å². The number of ether oxygens (including phenoxy) is 1. The molecule has 96 valence electrons. The van der Waals surface area contributed by atoms with Gasteiger partial charge < -0.3 is 10.1 Å². The highest BCUT2D eigenvalue weighted by Gasteiger charge is 2.17. The standard InChI is InChI=1S/C12H18ClNO3/c1-17-12(16)10(14-11(15)8-13)7-9-5-3-2-4-6-9/h7,9H,2-6,8H2,1H3,(H,14,15). The number of allylic oxidation sites excluding steroid dienone is 1. The molecule has 4 nitrogen and oxygen atoms in total. The summed E-state index contributed by atoms with van der Waals surface area (Å²) < 4.78 is 4.63. The summed E-state index contributed by atoms with van der Waals surface area (Å²) in [5, 5.41) is 2.48. The van der Waals surface area contributed by atoms with Crippen molar-refractivity contribution >= 4 is 23.5 Å². The van der Waals surface area contributed by atoms with Crippen molar-refractivity contribution in [2.24, 2.45) is 5.92 Å². The lowest BCUT2D eigenvalue weighted by Crippen LogP contribution is -2.29. The van der Waals surface area contributed by atoms with Gasteiger partial charge in [0.25, 0.3) is 0 Å². The van der Waals surface area contributed by atoms with Crippen LogP contribution in [0, 0.1) is 5.92 Å². The van der Waals surface area contributed by atoms with E-state index in [2.05, 4.69) is 10.1 Å². The Balaban J connectivity index is 2.69. The Morgan fingerprint density at radius 1 is 1.35 bits per heavy atom. The largest absolute Gasteiger partial charge is 0.464 e. The first kappa shape index (κ1) is 14.0. The number of methoxy groups -OCH3 is 1. The van der Waals surface area contributed by atoms with Gasteiger partial charge in [-0.05, 0) is 18.8 Å². The second-order valence-corrected chi connectivity index (χ2v) is 4.42. The second-order valence-electron chi connectivity index (χ2n) is 4.15. The van der Waals surface area contributed by atoms with Crippen LogP contribution < -0.4 is 5.32 Å². The predicted octanol–water partition coefficient (Wildman–Crippen LogP) is 1.98. The zero-order valence-electron chi connectivity index (χ0n) is 10.0. The van der Waals surface area contributed by atoms with E-state index in [4.69, 9.17) is 11.6 Å². The number of halogens is 1. The summed E-state index contributed by atoms with van der Waals surface area (Å²) in [6.07, 6.45) is 7.48. The summed E-state index contributed by atoms with van der Waals surface area (Å²) in [6, 6.07) is 0. The fourth-order valence-electron chi connectivity index (χ4n) is 1.99.